The number of allylic oxidation sites excluding steroid dienone is 1. The Morgan fingerprint density at radius 1 is 1.09 bits per heavy atom. The van der Waals surface area contributed by atoms with Gasteiger partial charge in [-0.1, -0.05) is 18.2 Å². The van der Waals surface area contributed by atoms with Crippen LogP contribution in [-0.4, -0.2) is 16.6 Å². The van der Waals surface area contributed by atoms with Crippen molar-refractivity contribution < 1.29 is 13.9 Å². The average molecular weight is 539 g/mol. The van der Waals surface area contributed by atoms with Crippen molar-refractivity contribution in [3.8, 4) is 17.6 Å². The number of aromatic amines is 1. The van der Waals surface area contributed by atoms with E-state index in [1.807, 2.05) is 49.4 Å². The summed E-state index contributed by atoms with van der Waals surface area (Å²) in [5.74, 6) is 1.23. The third-order valence-corrected chi connectivity index (χ3v) is 5.42. The maximum absolute atomic E-state index is 13.5. The van der Waals surface area contributed by atoms with Crippen LogP contribution in [0, 0.1) is 20.7 Å². The molecule has 0 spiro atoms. The first-order chi connectivity index (χ1) is 15.6. The van der Waals surface area contributed by atoms with E-state index in [0.29, 0.717) is 47.1 Å². The lowest BCUT2D eigenvalue weighted by molar-refractivity contribution is 0.269. The van der Waals surface area contributed by atoms with E-state index in [1.165, 1.54) is 15.7 Å². The highest BCUT2D eigenvalue weighted by molar-refractivity contribution is 14.1. The summed E-state index contributed by atoms with van der Waals surface area (Å²) in [6, 6.07) is 20.1. The van der Waals surface area contributed by atoms with Crippen LogP contribution in [-0.2, 0) is 6.61 Å². The highest BCUT2D eigenvalue weighted by Gasteiger charge is 2.11. The van der Waals surface area contributed by atoms with Gasteiger partial charge in [-0.25, -0.2) is 9.37 Å². The topological polar surface area (TPSA) is 70.9 Å². The second kappa shape index (κ2) is 9.83. The van der Waals surface area contributed by atoms with Crippen LogP contribution >= 0.6 is 22.6 Å². The van der Waals surface area contributed by atoms with Crippen LogP contribution < -0.4 is 9.47 Å². The first kappa shape index (κ1) is 21.8. The van der Waals surface area contributed by atoms with Crippen LogP contribution in [0.25, 0.3) is 22.7 Å². The lowest BCUT2D eigenvalue weighted by atomic mass is 10.1. The minimum atomic E-state index is -0.364. The molecule has 0 aliphatic carbocycles. The van der Waals surface area contributed by atoms with Crippen LogP contribution in [0.2, 0.25) is 0 Å². The van der Waals surface area contributed by atoms with Gasteiger partial charge in [-0.05, 0) is 89.2 Å². The Morgan fingerprint density at radius 3 is 2.66 bits per heavy atom. The standard InChI is InChI=1S/C25H19FIN3O2/c1-2-31-24-12-17(5-10-23(24)32-15-16-3-7-20(27)8-4-16)11-18(14-28)25-29-21-9-6-19(26)13-22(21)30-25/h3-13H,2,15H2,1H3,(H,29,30)/b18-11-. The second-order valence-electron chi connectivity index (χ2n) is 6.97. The fraction of sp³-hybridized carbons (Fsp3) is 0.120. The predicted molar refractivity (Wildman–Crippen MR) is 131 cm³/mol. The van der Waals surface area contributed by atoms with Gasteiger partial charge in [-0.2, -0.15) is 5.26 Å². The van der Waals surface area contributed by atoms with Crippen molar-refractivity contribution in [1.82, 2.24) is 9.97 Å². The van der Waals surface area contributed by atoms with E-state index in [0.717, 1.165) is 11.1 Å². The van der Waals surface area contributed by atoms with Crippen LogP contribution in [0.3, 0.4) is 0 Å². The molecule has 1 aromatic heterocycles. The molecular weight excluding hydrogens is 520 g/mol. The second-order valence-corrected chi connectivity index (χ2v) is 8.22. The number of hydrogen-bond donors (Lipinski definition) is 1. The molecule has 0 aliphatic rings. The Morgan fingerprint density at radius 2 is 1.91 bits per heavy atom. The molecule has 1 N–H and O–H groups in total. The van der Waals surface area contributed by atoms with Crippen molar-refractivity contribution in [3.63, 3.8) is 0 Å². The molecule has 0 fully saturated rings. The molecule has 7 heteroatoms. The third-order valence-electron chi connectivity index (χ3n) is 4.71. The van der Waals surface area contributed by atoms with Crippen molar-refractivity contribution in [3.05, 3.63) is 87.0 Å². The van der Waals surface area contributed by atoms with E-state index < -0.39 is 0 Å². The lowest BCUT2D eigenvalue weighted by Gasteiger charge is -2.13. The molecular formula is C25H19FIN3O2. The molecule has 0 aliphatic heterocycles. The minimum Gasteiger partial charge on any atom is -0.490 e. The zero-order valence-corrected chi connectivity index (χ0v) is 19.4. The smallest absolute Gasteiger partial charge is 0.161 e. The van der Waals surface area contributed by atoms with Crippen LogP contribution in [0.5, 0.6) is 11.5 Å². The summed E-state index contributed by atoms with van der Waals surface area (Å²) >= 11 is 2.27. The predicted octanol–water partition coefficient (Wildman–Crippen LogP) is 6.35. The number of H-pyrrole nitrogens is 1. The van der Waals surface area contributed by atoms with Crippen molar-refractivity contribution in [1.29, 1.82) is 5.26 Å². The molecule has 0 radical (unpaired) electrons. The summed E-state index contributed by atoms with van der Waals surface area (Å²) in [5.41, 5.74) is 3.28. The number of imidazole rings is 1. The molecule has 3 aromatic carbocycles. The van der Waals surface area contributed by atoms with Crippen molar-refractivity contribution in [2.45, 2.75) is 13.5 Å². The van der Waals surface area contributed by atoms with Gasteiger partial charge in [0.05, 0.1) is 23.2 Å². The molecule has 1 heterocycles. The summed E-state index contributed by atoms with van der Waals surface area (Å²) in [6.45, 7) is 2.80. The molecule has 0 unspecified atom stereocenters. The van der Waals surface area contributed by atoms with E-state index in [1.54, 1.807) is 12.1 Å². The maximum Gasteiger partial charge on any atom is 0.161 e. The molecule has 4 aromatic rings. The maximum atomic E-state index is 13.5. The lowest BCUT2D eigenvalue weighted by Crippen LogP contribution is -2.00. The van der Waals surface area contributed by atoms with E-state index in [4.69, 9.17) is 9.47 Å². The van der Waals surface area contributed by atoms with E-state index in [-0.39, 0.29) is 5.82 Å². The first-order valence-corrected chi connectivity index (χ1v) is 11.0. The summed E-state index contributed by atoms with van der Waals surface area (Å²) in [4.78, 5) is 7.40. The van der Waals surface area contributed by atoms with Crippen LogP contribution in [0.4, 0.5) is 4.39 Å². The Balaban J connectivity index is 1.60. The number of halogens is 2. The number of nitrogens with one attached hydrogen (secondary N) is 1. The Kier molecular flexibility index (Phi) is 6.71. The number of nitrogens with zero attached hydrogens (tertiary/aromatic N) is 2. The summed E-state index contributed by atoms with van der Waals surface area (Å²) in [5, 5.41) is 9.67. The average Bonchev–Trinajstić information content (AvgIpc) is 3.21. The Labute approximate surface area is 198 Å². The summed E-state index contributed by atoms with van der Waals surface area (Å²) in [7, 11) is 0. The van der Waals surface area contributed by atoms with Crippen molar-refractivity contribution in [2.75, 3.05) is 6.61 Å². The Bertz CT molecular complexity index is 1320. The number of ether oxygens (including phenoxy) is 2. The highest BCUT2D eigenvalue weighted by atomic mass is 127. The molecule has 5 nitrogen and oxygen atoms in total. The van der Waals surface area contributed by atoms with Gasteiger partial charge in [0.1, 0.15) is 24.3 Å². The van der Waals surface area contributed by atoms with E-state index in [2.05, 4.69) is 38.6 Å². The van der Waals surface area contributed by atoms with Gasteiger partial charge in [-0.3, -0.25) is 0 Å². The van der Waals surface area contributed by atoms with Gasteiger partial charge < -0.3 is 14.5 Å². The van der Waals surface area contributed by atoms with E-state index in [9.17, 15) is 9.65 Å². The number of rotatable bonds is 7. The molecule has 0 amide bonds. The van der Waals surface area contributed by atoms with Crippen LogP contribution in [0.1, 0.15) is 23.9 Å². The van der Waals surface area contributed by atoms with Crippen molar-refractivity contribution in [2.24, 2.45) is 0 Å². The minimum absolute atomic E-state index is 0.330. The largest absolute Gasteiger partial charge is 0.490 e. The van der Waals surface area contributed by atoms with E-state index >= 15 is 0 Å². The molecule has 0 atom stereocenters. The third kappa shape index (κ3) is 5.08. The molecule has 0 bridgehead atoms. The zero-order valence-electron chi connectivity index (χ0n) is 17.2. The fourth-order valence-electron chi connectivity index (χ4n) is 3.17. The van der Waals surface area contributed by atoms with Gasteiger partial charge in [-0.15, -0.1) is 0 Å². The van der Waals surface area contributed by atoms with Gasteiger partial charge in [0.15, 0.2) is 11.5 Å². The molecule has 32 heavy (non-hydrogen) atoms. The molecule has 0 saturated heterocycles. The Hall–Kier alpha value is -3.38. The summed E-state index contributed by atoms with van der Waals surface area (Å²) < 4.78 is 26.4. The number of nitriles is 1. The molecule has 0 saturated carbocycles. The number of hydrogen-bond acceptors (Lipinski definition) is 4. The van der Waals surface area contributed by atoms with Gasteiger partial charge >= 0.3 is 0 Å². The monoisotopic (exact) mass is 539 g/mol. The SMILES string of the molecule is CCOc1cc(/C=C(/C#N)c2nc3ccc(F)cc3[nH]2)ccc1OCc1ccc(I)cc1. The normalized spacial score (nSPS) is 11.4. The number of benzene rings is 3. The number of aromatic nitrogens is 2. The first-order valence-electron chi connectivity index (χ1n) is 9.97. The van der Waals surface area contributed by atoms with Gasteiger partial charge in [0.25, 0.3) is 0 Å². The molecule has 160 valence electrons. The fourth-order valence-corrected chi connectivity index (χ4v) is 3.53. The van der Waals surface area contributed by atoms with Gasteiger partial charge in [0.2, 0.25) is 0 Å². The van der Waals surface area contributed by atoms with Gasteiger partial charge in [0, 0.05) is 3.57 Å². The molecule has 4 rings (SSSR count). The highest BCUT2D eigenvalue weighted by Crippen LogP contribution is 2.31. The summed E-state index contributed by atoms with van der Waals surface area (Å²) in [6.07, 6.45) is 1.71. The van der Waals surface area contributed by atoms with Crippen LogP contribution in [0.15, 0.2) is 60.7 Å². The van der Waals surface area contributed by atoms with Crippen molar-refractivity contribution >= 4 is 45.3 Å². The zero-order chi connectivity index (χ0) is 22.5. The quantitative estimate of drug-likeness (QED) is 0.220. The number of fused-ring (bicyclic) bond motifs is 1.